The van der Waals surface area contributed by atoms with Gasteiger partial charge in [-0.2, -0.15) is 5.06 Å². The first-order valence-electron chi connectivity index (χ1n) is 4.62. The predicted molar refractivity (Wildman–Crippen MR) is 48.5 cm³/mol. The van der Waals surface area contributed by atoms with Gasteiger partial charge in [-0.25, -0.2) is 0 Å². The number of nitrogens with zero attached hydrogens (tertiary/aromatic N) is 1. The van der Waals surface area contributed by atoms with E-state index >= 15 is 0 Å². The smallest absolute Gasteiger partial charge is 0.186 e. The van der Waals surface area contributed by atoms with E-state index in [1.165, 1.54) is 5.06 Å². The third-order valence-electron chi connectivity index (χ3n) is 2.18. The van der Waals surface area contributed by atoms with Crippen LogP contribution in [0.25, 0.3) is 0 Å². The second-order valence-corrected chi connectivity index (χ2v) is 3.61. The van der Waals surface area contributed by atoms with Gasteiger partial charge in [0.2, 0.25) is 0 Å². The fourth-order valence-electron chi connectivity index (χ4n) is 1.43. The molecule has 1 fully saturated rings. The Hall–Kier alpha value is -0.280. The number of hydroxylamine groups is 2. The van der Waals surface area contributed by atoms with E-state index in [1.54, 1.807) is 14.1 Å². The second-order valence-electron chi connectivity index (χ2n) is 3.61. The summed E-state index contributed by atoms with van der Waals surface area (Å²) >= 11 is 0. The minimum atomic E-state index is -1.39. The predicted octanol–water partition coefficient (Wildman–Crippen LogP) is -2.72. The van der Waals surface area contributed by atoms with Crippen LogP contribution in [0.2, 0.25) is 0 Å². The van der Waals surface area contributed by atoms with Gasteiger partial charge in [-0.05, 0) is 0 Å². The number of hydrogen-bond acceptors (Lipinski definition) is 7. The minimum Gasteiger partial charge on any atom is -0.394 e. The van der Waals surface area contributed by atoms with Crippen molar-refractivity contribution in [1.29, 1.82) is 0 Å². The molecule has 0 amide bonds. The van der Waals surface area contributed by atoms with E-state index < -0.39 is 37.3 Å². The second kappa shape index (κ2) is 5.17. The lowest BCUT2D eigenvalue weighted by atomic mass is 9.99. The van der Waals surface area contributed by atoms with Crippen LogP contribution in [0.3, 0.4) is 0 Å². The zero-order chi connectivity index (χ0) is 11.6. The highest BCUT2D eigenvalue weighted by molar-refractivity contribution is 4.88. The van der Waals surface area contributed by atoms with Crippen LogP contribution in [0.1, 0.15) is 0 Å². The molecule has 0 aromatic carbocycles. The van der Waals surface area contributed by atoms with Crippen LogP contribution in [-0.2, 0) is 9.57 Å². The van der Waals surface area contributed by atoms with Crippen molar-refractivity contribution < 1.29 is 30.0 Å². The molecule has 0 aliphatic carbocycles. The summed E-state index contributed by atoms with van der Waals surface area (Å²) in [6, 6.07) is 0. The average Bonchev–Trinajstić information content (AvgIpc) is 2.18. The highest BCUT2D eigenvalue weighted by atomic mass is 16.7. The Morgan fingerprint density at radius 2 is 1.80 bits per heavy atom. The Morgan fingerprint density at radius 3 is 2.27 bits per heavy atom. The molecule has 0 aromatic heterocycles. The Kier molecular flexibility index (Phi) is 4.41. The molecule has 0 saturated carbocycles. The first-order valence-corrected chi connectivity index (χ1v) is 4.62. The summed E-state index contributed by atoms with van der Waals surface area (Å²) in [6.45, 7) is -0.482. The molecule has 2 unspecified atom stereocenters. The van der Waals surface area contributed by atoms with E-state index in [9.17, 15) is 15.3 Å². The van der Waals surface area contributed by atoms with Crippen LogP contribution in [0.15, 0.2) is 0 Å². The summed E-state index contributed by atoms with van der Waals surface area (Å²) in [5.41, 5.74) is 0. The molecule has 1 rings (SSSR count). The lowest BCUT2D eigenvalue weighted by Crippen LogP contribution is -2.60. The number of hydrogen-bond donors (Lipinski definition) is 4. The van der Waals surface area contributed by atoms with Crippen molar-refractivity contribution in [3.8, 4) is 0 Å². The van der Waals surface area contributed by atoms with Crippen LogP contribution >= 0.6 is 0 Å². The molecule has 0 bridgehead atoms. The van der Waals surface area contributed by atoms with E-state index in [1.807, 2.05) is 0 Å². The van der Waals surface area contributed by atoms with Gasteiger partial charge in [-0.15, -0.1) is 0 Å². The maximum atomic E-state index is 9.61. The molecular weight excluding hydrogens is 206 g/mol. The standard InChI is InChI=1S/C8H17NO6/c1-9(2)15-7-6(12)5(11)4(3-10)14-8(7)13/h4-8,10-13H,3H2,1-2H3/t4?,5-,6+,7-,8?/m1/s1. The molecule has 5 atom stereocenters. The average molecular weight is 223 g/mol. The summed E-state index contributed by atoms with van der Waals surface area (Å²) in [5, 5.41) is 38.6. The molecule has 1 heterocycles. The molecule has 15 heavy (non-hydrogen) atoms. The van der Waals surface area contributed by atoms with Crippen LogP contribution in [-0.4, -0.2) is 76.9 Å². The van der Waals surface area contributed by atoms with Gasteiger partial charge < -0.3 is 25.2 Å². The molecule has 90 valence electrons. The van der Waals surface area contributed by atoms with E-state index in [2.05, 4.69) is 0 Å². The summed E-state index contributed by atoms with van der Waals surface area (Å²) in [6.07, 6.45) is -6.06. The Labute approximate surface area is 87.4 Å². The monoisotopic (exact) mass is 223 g/mol. The maximum Gasteiger partial charge on any atom is 0.186 e. The summed E-state index contributed by atoms with van der Waals surface area (Å²) in [4.78, 5) is 5.05. The van der Waals surface area contributed by atoms with E-state index in [-0.39, 0.29) is 0 Å². The number of aliphatic hydroxyl groups excluding tert-OH is 4. The minimum absolute atomic E-state index is 0.482. The lowest BCUT2D eigenvalue weighted by Gasteiger charge is -2.40. The molecule has 7 heteroatoms. The van der Waals surface area contributed by atoms with Gasteiger partial charge >= 0.3 is 0 Å². The van der Waals surface area contributed by atoms with E-state index in [0.717, 1.165) is 0 Å². The van der Waals surface area contributed by atoms with Crippen molar-refractivity contribution in [3.63, 3.8) is 0 Å². The summed E-state index contributed by atoms with van der Waals surface area (Å²) in [7, 11) is 3.15. The largest absolute Gasteiger partial charge is 0.394 e. The fourth-order valence-corrected chi connectivity index (χ4v) is 1.43. The first kappa shape index (κ1) is 12.8. The van der Waals surface area contributed by atoms with Crippen molar-refractivity contribution in [2.45, 2.75) is 30.7 Å². The summed E-state index contributed by atoms with van der Waals surface area (Å²) in [5.74, 6) is 0. The van der Waals surface area contributed by atoms with Gasteiger partial charge in [0.05, 0.1) is 6.61 Å². The van der Waals surface area contributed by atoms with Crippen LogP contribution < -0.4 is 0 Å². The van der Waals surface area contributed by atoms with Crippen LogP contribution in [0.4, 0.5) is 0 Å². The van der Waals surface area contributed by atoms with Crippen LogP contribution in [0, 0.1) is 0 Å². The van der Waals surface area contributed by atoms with E-state index in [0.29, 0.717) is 0 Å². The highest BCUT2D eigenvalue weighted by Crippen LogP contribution is 2.22. The van der Waals surface area contributed by atoms with Gasteiger partial charge in [0, 0.05) is 14.1 Å². The number of aliphatic hydroxyl groups is 4. The maximum absolute atomic E-state index is 9.61. The zero-order valence-electron chi connectivity index (χ0n) is 8.65. The normalized spacial score (nSPS) is 42.2. The molecule has 7 nitrogen and oxygen atoms in total. The van der Waals surface area contributed by atoms with Crippen molar-refractivity contribution in [2.24, 2.45) is 0 Å². The van der Waals surface area contributed by atoms with Crippen molar-refractivity contribution in [2.75, 3.05) is 20.7 Å². The molecular formula is C8H17NO6. The molecule has 0 spiro atoms. The fraction of sp³-hybridized carbons (Fsp3) is 1.00. The third kappa shape index (κ3) is 2.85. The third-order valence-corrected chi connectivity index (χ3v) is 2.18. The lowest BCUT2D eigenvalue weighted by molar-refractivity contribution is -0.335. The Bertz CT molecular complexity index is 202. The summed E-state index contributed by atoms with van der Waals surface area (Å²) < 4.78 is 4.88. The van der Waals surface area contributed by atoms with E-state index in [4.69, 9.17) is 14.7 Å². The van der Waals surface area contributed by atoms with Gasteiger partial charge in [-0.3, -0.25) is 4.84 Å². The molecule has 0 radical (unpaired) electrons. The highest BCUT2D eigenvalue weighted by Gasteiger charge is 2.44. The van der Waals surface area contributed by atoms with Crippen molar-refractivity contribution in [3.05, 3.63) is 0 Å². The molecule has 0 aromatic rings. The quantitative estimate of drug-likeness (QED) is 0.385. The van der Waals surface area contributed by atoms with Crippen molar-refractivity contribution in [1.82, 2.24) is 5.06 Å². The Morgan fingerprint density at radius 1 is 1.20 bits per heavy atom. The zero-order valence-corrected chi connectivity index (χ0v) is 8.65. The SMILES string of the molecule is CN(C)O[C@H]1C(O)OC(CO)[C@@H](O)[C@@H]1O. The first-order chi connectivity index (χ1) is 6.97. The van der Waals surface area contributed by atoms with Crippen LogP contribution in [0.5, 0.6) is 0 Å². The molecule has 1 saturated heterocycles. The molecule has 4 N–H and O–H groups in total. The Balaban J connectivity index is 2.66. The molecule has 1 aliphatic heterocycles. The van der Waals surface area contributed by atoms with Gasteiger partial charge in [-0.1, -0.05) is 0 Å². The topological polar surface area (TPSA) is 103 Å². The van der Waals surface area contributed by atoms with Gasteiger partial charge in [0.1, 0.15) is 18.3 Å². The van der Waals surface area contributed by atoms with Gasteiger partial charge in [0.25, 0.3) is 0 Å². The number of rotatable bonds is 3. The van der Waals surface area contributed by atoms with Gasteiger partial charge in [0.15, 0.2) is 12.4 Å². The van der Waals surface area contributed by atoms with Crippen molar-refractivity contribution >= 4 is 0 Å². The molecule has 1 aliphatic rings. The number of ether oxygens (including phenoxy) is 1.